The van der Waals surface area contributed by atoms with Crippen molar-refractivity contribution in [1.82, 2.24) is 4.98 Å². The maximum atomic E-state index is 12.4. The molecule has 0 bridgehead atoms. The number of aromatic amines is 1. The molecule has 0 aromatic carbocycles. The van der Waals surface area contributed by atoms with E-state index in [1.807, 2.05) is 4.98 Å². The summed E-state index contributed by atoms with van der Waals surface area (Å²) >= 11 is 3.06. The molecule has 1 aromatic heterocycles. The van der Waals surface area contributed by atoms with Gasteiger partial charge in [0.15, 0.2) is 0 Å². The van der Waals surface area contributed by atoms with Gasteiger partial charge in [-0.25, -0.2) is 8.78 Å². The molecule has 0 atom stereocenters. The number of H-pyrrole nitrogens is 1. The van der Waals surface area contributed by atoms with Crippen molar-refractivity contribution >= 4 is 15.9 Å². The van der Waals surface area contributed by atoms with Gasteiger partial charge in [-0.2, -0.15) is 0 Å². The van der Waals surface area contributed by atoms with Crippen molar-refractivity contribution in [3.05, 3.63) is 33.2 Å². The number of aliphatic hydroxyl groups excluding tert-OH is 1. The second kappa shape index (κ2) is 4.65. The summed E-state index contributed by atoms with van der Waals surface area (Å²) in [5.41, 5.74) is -0.635. The van der Waals surface area contributed by atoms with Crippen molar-refractivity contribution in [3.8, 4) is 0 Å². The molecule has 0 radical (unpaired) electrons. The Morgan fingerprint density at radius 2 is 2.21 bits per heavy atom. The number of alkyl halides is 3. The smallest absolute Gasteiger partial charge is 0.278 e. The highest BCUT2D eigenvalue weighted by Crippen LogP contribution is 2.23. The first-order valence-electron chi connectivity index (χ1n) is 3.80. The lowest BCUT2D eigenvalue weighted by atomic mass is 10.1. The van der Waals surface area contributed by atoms with E-state index < -0.39 is 24.3 Å². The van der Waals surface area contributed by atoms with Gasteiger partial charge in [0.1, 0.15) is 0 Å². The van der Waals surface area contributed by atoms with Gasteiger partial charge in [-0.3, -0.25) is 4.79 Å². The molecular weight excluding hydrogens is 260 g/mol. The predicted molar refractivity (Wildman–Crippen MR) is 50.6 cm³/mol. The number of aliphatic hydroxyl groups is 1. The molecule has 0 aliphatic rings. The number of aromatic nitrogens is 1. The molecule has 0 saturated carbocycles. The van der Waals surface area contributed by atoms with Crippen molar-refractivity contribution < 1.29 is 13.9 Å². The highest BCUT2D eigenvalue weighted by molar-refractivity contribution is 9.08. The van der Waals surface area contributed by atoms with Crippen LogP contribution in [0.1, 0.15) is 23.2 Å². The maximum Gasteiger partial charge on any atom is 0.278 e. The van der Waals surface area contributed by atoms with E-state index >= 15 is 0 Å². The lowest BCUT2D eigenvalue weighted by Crippen LogP contribution is -2.14. The van der Waals surface area contributed by atoms with E-state index in [0.717, 1.165) is 0 Å². The molecule has 2 N–H and O–H groups in total. The highest BCUT2D eigenvalue weighted by Gasteiger charge is 2.16. The summed E-state index contributed by atoms with van der Waals surface area (Å²) < 4.78 is 24.8. The molecule has 14 heavy (non-hydrogen) atoms. The van der Waals surface area contributed by atoms with Crippen molar-refractivity contribution in [2.45, 2.75) is 18.4 Å². The Bertz CT molecular complexity index is 378. The van der Waals surface area contributed by atoms with Crippen LogP contribution in [0.15, 0.2) is 10.9 Å². The molecular formula is C8H8BrF2NO2. The molecule has 3 nitrogen and oxygen atoms in total. The van der Waals surface area contributed by atoms with Gasteiger partial charge in [0.05, 0.1) is 12.3 Å². The van der Waals surface area contributed by atoms with Gasteiger partial charge in [-0.15, -0.1) is 0 Å². The monoisotopic (exact) mass is 267 g/mol. The van der Waals surface area contributed by atoms with E-state index in [1.54, 1.807) is 0 Å². The fraction of sp³-hybridized carbons (Fsp3) is 0.375. The molecule has 0 fully saturated rings. The zero-order chi connectivity index (χ0) is 10.7. The molecule has 6 heteroatoms. The number of pyridine rings is 1. The third-order valence-corrected chi connectivity index (χ3v) is 2.40. The van der Waals surface area contributed by atoms with Crippen LogP contribution in [0.5, 0.6) is 0 Å². The minimum atomic E-state index is -2.79. The number of nitrogens with one attached hydrogen (secondary N) is 1. The van der Waals surface area contributed by atoms with Crippen LogP contribution in [-0.2, 0) is 11.9 Å². The van der Waals surface area contributed by atoms with Crippen molar-refractivity contribution in [3.63, 3.8) is 0 Å². The minimum absolute atomic E-state index is 0.0801. The fourth-order valence-electron chi connectivity index (χ4n) is 1.15. The molecule has 1 aromatic rings. The Kier molecular flexibility index (Phi) is 3.77. The molecule has 0 amide bonds. The zero-order valence-electron chi connectivity index (χ0n) is 7.06. The lowest BCUT2D eigenvalue weighted by molar-refractivity contribution is 0.141. The number of hydrogen-bond acceptors (Lipinski definition) is 2. The Balaban J connectivity index is 3.39. The van der Waals surface area contributed by atoms with E-state index in [-0.39, 0.29) is 10.9 Å². The third kappa shape index (κ3) is 2.19. The Morgan fingerprint density at radius 3 is 2.64 bits per heavy atom. The molecule has 0 saturated heterocycles. The van der Waals surface area contributed by atoms with Gasteiger partial charge in [0.2, 0.25) is 5.56 Å². The van der Waals surface area contributed by atoms with E-state index in [1.165, 1.54) is 6.07 Å². The van der Waals surface area contributed by atoms with Gasteiger partial charge >= 0.3 is 0 Å². The number of rotatable bonds is 3. The minimum Gasteiger partial charge on any atom is -0.392 e. The summed E-state index contributed by atoms with van der Waals surface area (Å²) in [5, 5.41) is 9.15. The fourth-order valence-corrected chi connectivity index (χ4v) is 1.66. The number of hydrogen-bond donors (Lipinski definition) is 2. The van der Waals surface area contributed by atoms with Crippen LogP contribution in [-0.4, -0.2) is 10.1 Å². The summed E-state index contributed by atoms with van der Waals surface area (Å²) in [4.78, 5) is 13.0. The molecule has 0 aliphatic heterocycles. The molecule has 1 rings (SSSR count). The van der Waals surface area contributed by atoms with Crippen LogP contribution < -0.4 is 5.56 Å². The van der Waals surface area contributed by atoms with Crippen LogP contribution >= 0.6 is 15.9 Å². The van der Waals surface area contributed by atoms with Crippen LogP contribution in [0.4, 0.5) is 8.78 Å². The summed E-state index contributed by atoms with van der Waals surface area (Å²) in [7, 11) is 0. The second-order valence-corrected chi connectivity index (χ2v) is 3.20. The van der Waals surface area contributed by atoms with Gasteiger partial charge < -0.3 is 10.1 Å². The van der Waals surface area contributed by atoms with Crippen LogP contribution in [0, 0.1) is 0 Å². The summed E-state index contributed by atoms with van der Waals surface area (Å²) in [6, 6.07) is 1.19. The first-order chi connectivity index (χ1) is 6.60. The van der Waals surface area contributed by atoms with E-state index in [0.29, 0.717) is 5.56 Å². The zero-order valence-corrected chi connectivity index (χ0v) is 8.64. The number of halogens is 3. The van der Waals surface area contributed by atoms with E-state index in [4.69, 9.17) is 5.11 Å². The third-order valence-electron chi connectivity index (χ3n) is 1.80. The summed E-state index contributed by atoms with van der Waals surface area (Å²) in [5.74, 6) is 0. The average molecular weight is 268 g/mol. The van der Waals surface area contributed by atoms with Crippen molar-refractivity contribution in [2.75, 3.05) is 0 Å². The maximum absolute atomic E-state index is 12.4. The first-order valence-corrected chi connectivity index (χ1v) is 4.92. The lowest BCUT2D eigenvalue weighted by Gasteiger charge is -2.09. The van der Waals surface area contributed by atoms with Gasteiger partial charge in [-0.1, -0.05) is 15.9 Å². The predicted octanol–water partition coefficient (Wildman–Crippen LogP) is 1.70. The standard InChI is InChI=1S/C8H8BrF2NO2/c9-2-4-1-6(14)12-7(8(10)11)5(4)3-13/h1,8,13H,2-3H2,(H,12,14). The van der Waals surface area contributed by atoms with E-state index in [2.05, 4.69) is 15.9 Å². The van der Waals surface area contributed by atoms with Crippen molar-refractivity contribution in [1.29, 1.82) is 0 Å². The van der Waals surface area contributed by atoms with Gasteiger partial charge in [-0.05, 0) is 5.56 Å². The van der Waals surface area contributed by atoms with Crippen LogP contribution in [0.3, 0.4) is 0 Å². The van der Waals surface area contributed by atoms with Crippen LogP contribution in [0.2, 0.25) is 0 Å². The quantitative estimate of drug-likeness (QED) is 0.820. The Hall–Kier alpha value is -0.750. The van der Waals surface area contributed by atoms with Crippen molar-refractivity contribution in [2.24, 2.45) is 0 Å². The van der Waals surface area contributed by atoms with Gasteiger partial charge in [0.25, 0.3) is 6.43 Å². The second-order valence-electron chi connectivity index (χ2n) is 2.64. The topological polar surface area (TPSA) is 53.1 Å². The highest BCUT2D eigenvalue weighted by atomic mass is 79.9. The Labute approximate surface area is 86.9 Å². The Morgan fingerprint density at radius 1 is 1.57 bits per heavy atom. The molecule has 78 valence electrons. The van der Waals surface area contributed by atoms with Gasteiger partial charge in [0, 0.05) is 17.0 Å². The molecule has 0 aliphatic carbocycles. The SMILES string of the molecule is O=c1cc(CBr)c(CO)c(C(F)F)[nH]1. The average Bonchev–Trinajstić information content (AvgIpc) is 2.16. The molecule has 1 heterocycles. The largest absolute Gasteiger partial charge is 0.392 e. The molecule has 0 unspecified atom stereocenters. The normalized spacial score (nSPS) is 10.9. The summed E-state index contributed by atoms with van der Waals surface area (Å²) in [6.07, 6.45) is -2.79. The first kappa shape index (κ1) is 11.3. The summed E-state index contributed by atoms with van der Waals surface area (Å²) in [6.45, 7) is -0.516. The van der Waals surface area contributed by atoms with E-state index in [9.17, 15) is 13.6 Å². The molecule has 0 spiro atoms. The van der Waals surface area contributed by atoms with Crippen LogP contribution in [0.25, 0.3) is 0 Å².